The van der Waals surface area contributed by atoms with Crippen molar-refractivity contribution < 1.29 is 14.7 Å². The molecule has 17 heavy (non-hydrogen) atoms. The molecule has 0 aromatic rings. The van der Waals surface area contributed by atoms with Crippen LogP contribution in [0.15, 0.2) is 0 Å². The first-order valence-electron chi connectivity index (χ1n) is 6.28. The maximum absolute atomic E-state index is 12.1. The molecule has 2 saturated heterocycles. The molecule has 0 bridgehead atoms. The summed E-state index contributed by atoms with van der Waals surface area (Å²) in [5, 5.41) is 9.03. The molecule has 0 saturated carbocycles. The number of amides is 1. The van der Waals surface area contributed by atoms with Crippen molar-refractivity contribution in [1.82, 2.24) is 9.80 Å². The number of nitrogens with zero attached hydrogens (tertiary/aromatic N) is 2. The molecule has 1 amide bonds. The van der Waals surface area contributed by atoms with Crippen LogP contribution in [0.1, 0.15) is 25.7 Å². The van der Waals surface area contributed by atoms with E-state index in [1.165, 1.54) is 0 Å². The van der Waals surface area contributed by atoms with Gasteiger partial charge in [-0.25, -0.2) is 4.79 Å². The number of rotatable bonds is 3. The van der Waals surface area contributed by atoms with Gasteiger partial charge in [0.1, 0.15) is 6.04 Å². The van der Waals surface area contributed by atoms with E-state index in [0.29, 0.717) is 25.3 Å². The fourth-order valence-electron chi connectivity index (χ4n) is 2.88. The zero-order chi connectivity index (χ0) is 12.4. The molecule has 0 aliphatic carbocycles. The second kappa shape index (κ2) is 5.04. The first kappa shape index (κ1) is 12.4. The monoisotopic (exact) mass is 240 g/mol. The normalized spacial score (nSPS) is 29.8. The molecule has 0 spiro atoms. The molecule has 96 valence electrons. The van der Waals surface area contributed by atoms with Gasteiger partial charge in [-0.2, -0.15) is 0 Å². The Bertz CT molecular complexity index is 319. The van der Waals surface area contributed by atoms with Crippen LogP contribution < -0.4 is 0 Å². The molecule has 2 aliphatic heterocycles. The summed E-state index contributed by atoms with van der Waals surface area (Å²) < 4.78 is 0. The Balaban J connectivity index is 1.89. The maximum atomic E-state index is 12.1. The maximum Gasteiger partial charge on any atom is 0.326 e. The van der Waals surface area contributed by atoms with Crippen LogP contribution in [-0.2, 0) is 9.59 Å². The molecule has 1 unspecified atom stereocenters. The van der Waals surface area contributed by atoms with Gasteiger partial charge in [0.2, 0.25) is 5.91 Å². The summed E-state index contributed by atoms with van der Waals surface area (Å²) in [5.41, 5.74) is 0. The summed E-state index contributed by atoms with van der Waals surface area (Å²) in [4.78, 5) is 26.8. The number of likely N-dealkylation sites (tertiary alicyclic amines) is 2. The van der Waals surface area contributed by atoms with Crippen LogP contribution >= 0.6 is 0 Å². The number of carbonyl (C=O) groups excluding carboxylic acids is 1. The van der Waals surface area contributed by atoms with E-state index in [2.05, 4.69) is 11.9 Å². The Hall–Kier alpha value is -1.10. The number of hydrogen-bond donors (Lipinski definition) is 1. The predicted octanol–water partition coefficient (Wildman–Crippen LogP) is 0.404. The minimum Gasteiger partial charge on any atom is -0.480 e. The van der Waals surface area contributed by atoms with Gasteiger partial charge in [-0.3, -0.25) is 4.79 Å². The smallest absolute Gasteiger partial charge is 0.326 e. The van der Waals surface area contributed by atoms with Crippen LogP contribution in [0.3, 0.4) is 0 Å². The van der Waals surface area contributed by atoms with Gasteiger partial charge in [0.25, 0.3) is 0 Å². The van der Waals surface area contributed by atoms with Crippen molar-refractivity contribution in [3.63, 3.8) is 0 Å². The topological polar surface area (TPSA) is 60.9 Å². The van der Waals surface area contributed by atoms with Crippen LogP contribution in [0.4, 0.5) is 0 Å². The third-order valence-corrected chi connectivity index (χ3v) is 3.81. The molecule has 0 aromatic carbocycles. The molecule has 5 nitrogen and oxygen atoms in total. The third kappa shape index (κ3) is 2.77. The lowest BCUT2D eigenvalue weighted by molar-refractivity contribution is -0.148. The van der Waals surface area contributed by atoms with Crippen molar-refractivity contribution in [3.8, 4) is 0 Å². The fourth-order valence-corrected chi connectivity index (χ4v) is 2.88. The molecule has 2 rings (SSSR count). The molecule has 2 fully saturated rings. The van der Waals surface area contributed by atoms with Gasteiger partial charge in [0.15, 0.2) is 0 Å². The predicted molar refractivity (Wildman–Crippen MR) is 62.6 cm³/mol. The van der Waals surface area contributed by atoms with Gasteiger partial charge in [0.05, 0.1) is 0 Å². The molecule has 2 aliphatic rings. The molecule has 2 atom stereocenters. The van der Waals surface area contributed by atoms with E-state index < -0.39 is 12.0 Å². The highest BCUT2D eigenvalue weighted by Gasteiger charge is 2.35. The van der Waals surface area contributed by atoms with Crippen molar-refractivity contribution in [2.75, 3.05) is 26.7 Å². The van der Waals surface area contributed by atoms with Gasteiger partial charge in [0, 0.05) is 19.5 Å². The van der Waals surface area contributed by atoms with Gasteiger partial charge >= 0.3 is 5.97 Å². The molecule has 1 N–H and O–H groups in total. The summed E-state index contributed by atoms with van der Waals surface area (Å²) in [7, 11) is 2.06. The number of carboxylic acid groups (broad SMARTS) is 1. The average molecular weight is 240 g/mol. The summed E-state index contributed by atoms with van der Waals surface area (Å²) in [5.74, 6) is -0.433. The summed E-state index contributed by atoms with van der Waals surface area (Å²) in [6, 6.07) is -0.582. The van der Waals surface area contributed by atoms with Crippen molar-refractivity contribution in [1.29, 1.82) is 0 Å². The minimum atomic E-state index is -0.862. The molecular weight excluding hydrogens is 220 g/mol. The second-order valence-electron chi connectivity index (χ2n) is 5.20. The third-order valence-electron chi connectivity index (χ3n) is 3.81. The van der Waals surface area contributed by atoms with Gasteiger partial charge in [-0.15, -0.1) is 0 Å². The Morgan fingerprint density at radius 3 is 2.65 bits per heavy atom. The highest BCUT2D eigenvalue weighted by atomic mass is 16.4. The number of carbonyl (C=O) groups is 2. The first-order chi connectivity index (χ1) is 8.08. The van der Waals surface area contributed by atoms with E-state index in [1.807, 2.05) is 0 Å². The molecule has 0 radical (unpaired) electrons. The number of carboxylic acids is 1. The Labute approximate surface area is 101 Å². The van der Waals surface area contributed by atoms with Crippen LogP contribution in [0.2, 0.25) is 0 Å². The molecule has 2 heterocycles. The van der Waals surface area contributed by atoms with E-state index in [9.17, 15) is 9.59 Å². The van der Waals surface area contributed by atoms with Crippen LogP contribution in [0, 0.1) is 5.92 Å². The van der Waals surface area contributed by atoms with E-state index in [0.717, 1.165) is 25.9 Å². The van der Waals surface area contributed by atoms with Gasteiger partial charge < -0.3 is 14.9 Å². The van der Waals surface area contributed by atoms with E-state index in [4.69, 9.17) is 5.11 Å². The molecular formula is C12H20N2O3. The molecule has 0 aromatic heterocycles. The zero-order valence-electron chi connectivity index (χ0n) is 10.3. The van der Waals surface area contributed by atoms with Gasteiger partial charge in [-0.05, 0) is 38.8 Å². The second-order valence-corrected chi connectivity index (χ2v) is 5.20. The average Bonchev–Trinajstić information content (AvgIpc) is 2.86. The Kier molecular flexibility index (Phi) is 3.66. The SMILES string of the molecule is CN1CCC(CC(=O)N2CCC[C@H]2C(=O)O)C1. The highest BCUT2D eigenvalue weighted by Crippen LogP contribution is 2.23. The summed E-state index contributed by atoms with van der Waals surface area (Å²) in [6.45, 7) is 2.61. The lowest BCUT2D eigenvalue weighted by Crippen LogP contribution is -2.41. The van der Waals surface area contributed by atoms with E-state index in [-0.39, 0.29) is 5.91 Å². The first-order valence-corrected chi connectivity index (χ1v) is 6.28. The Morgan fingerprint density at radius 1 is 1.29 bits per heavy atom. The van der Waals surface area contributed by atoms with Crippen molar-refractivity contribution in [2.24, 2.45) is 5.92 Å². The standard InChI is InChI=1S/C12H20N2O3/c1-13-6-4-9(8-13)7-11(15)14-5-2-3-10(14)12(16)17/h9-10H,2-8H2,1H3,(H,16,17)/t9?,10-/m0/s1. The van der Waals surface area contributed by atoms with Crippen molar-refractivity contribution in [3.05, 3.63) is 0 Å². The van der Waals surface area contributed by atoms with Gasteiger partial charge in [-0.1, -0.05) is 0 Å². The minimum absolute atomic E-state index is 0.0233. The lowest BCUT2D eigenvalue weighted by atomic mass is 10.0. The van der Waals surface area contributed by atoms with Crippen molar-refractivity contribution >= 4 is 11.9 Å². The number of hydrogen-bond acceptors (Lipinski definition) is 3. The van der Waals surface area contributed by atoms with Crippen LogP contribution in [0.5, 0.6) is 0 Å². The largest absolute Gasteiger partial charge is 0.480 e. The van der Waals surface area contributed by atoms with Crippen LogP contribution in [-0.4, -0.2) is 59.5 Å². The van der Waals surface area contributed by atoms with Crippen LogP contribution in [0.25, 0.3) is 0 Å². The fraction of sp³-hybridized carbons (Fsp3) is 0.833. The van der Waals surface area contributed by atoms with E-state index >= 15 is 0 Å². The zero-order valence-corrected chi connectivity index (χ0v) is 10.3. The number of aliphatic carboxylic acids is 1. The van der Waals surface area contributed by atoms with E-state index in [1.54, 1.807) is 4.90 Å². The lowest BCUT2D eigenvalue weighted by Gasteiger charge is -2.23. The summed E-state index contributed by atoms with van der Waals surface area (Å²) in [6.07, 6.45) is 2.97. The summed E-state index contributed by atoms with van der Waals surface area (Å²) >= 11 is 0. The van der Waals surface area contributed by atoms with Crippen molar-refractivity contribution in [2.45, 2.75) is 31.7 Å². The molecule has 5 heteroatoms. The Morgan fingerprint density at radius 2 is 2.06 bits per heavy atom. The quantitative estimate of drug-likeness (QED) is 0.776. The highest BCUT2D eigenvalue weighted by molar-refractivity contribution is 5.84.